The van der Waals surface area contributed by atoms with Gasteiger partial charge in [0.25, 0.3) is 5.91 Å². The van der Waals surface area contributed by atoms with Crippen LogP contribution in [0.5, 0.6) is 0 Å². The summed E-state index contributed by atoms with van der Waals surface area (Å²) >= 11 is 0. The van der Waals surface area contributed by atoms with Gasteiger partial charge in [-0.3, -0.25) is 4.79 Å². The van der Waals surface area contributed by atoms with Crippen molar-refractivity contribution in [2.75, 3.05) is 25.9 Å². The molecular formula is C23H26N8O2. The molecule has 1 aliphatic rings. The first-order chi connectivity index (χ1) is 16.0. The van der Waals surface area contributed by atoms with Crippen LogP contribution in [0, 0.1) is 0 Å². The number of carbonyl (C=O) groups is 1. The number of nitrogen functional groups attached to an aromatic ring is 1. The first-order valence-corrected chi connectivity index (χ1v) is 11.1. The van der Waals surface area contributed by atoms with E-state index in [1.165, 1.54) is 12.5 Å². The Morgan fingerprint density at radius 3 is 2.94 bits per heavy atom. The van der Waals surface area contributed by atoms with Gasteiger partial charge in [0, 0.05) is 24.3 Å². The molecule has 1 amide bonds. The van der Waals surface area contributed by atoms with E-state index in [4.69, 9.17) is 10.2 Å². The molecule has 1 aliphatic heterocycles. The summed E-state index contributed by atoms with van der Waals surface area (Å²) in [5.41, 5.74) is 9.95. The van der Waals surface area contributed by atoms with Crippen LogP contribution in [0.1, 0.15) is 35.8 Å². The van der Waals surface area contributed by atoms with Gasteiger partial charge < -0.3 is 20.4 Å². The lowest BCUT2D eigenvalue weighted by Crippen LogP contribution is -2.38. The Labute approximate surface area is 190 Å². The van der Waals surface area contributed by atoms with E-state index in [0.717, 1.165) is 42.5 Å². The predicted octanol–water partition coefficient (Wildman–Crippen LogP) is 2.41. The number of hydrogen-bond acceptors (Lipinski definition) is 8. The van der Waals surface area contributed by atoms with Gasteiger partial charge in [-0.2, -0.15) is 5.10 Å². The van der Waals surface area contributed by atoms with Crippen molar-refractivity contribution in [3.63, 3.8) is 0 Å². The highest BCUT2D eigenvalue weighted by atomic mass is 16.3. The highest BCUT2D eigenvalue weighted by Gasteiger charge is 2.25. The van der Waals surface area contributed by atoms with Crippen molar-refractivity contribution >= 4 is 17.2 Å². The highest BCUT2D eigenvalue weighted by molar-refractivity contribution is 5.97. The second-order valence-electron chi connectivity index (χ2n) is 8.25. The summed E-state index contributed by atoms with van der Waals surface area (Å²) < 4.78 is 7.30. The Morgan fingerprint density at radius 1 is 1.33 bits per heavy atom. The van der Waals surface area contributed by atoms with Gasteiger partial charge in [-0.25, -0.2) is 19.5 Å². The van der Waals surface area contributed by atoms with Crippen molar-refractivity contribution in [1.29, 1.82) is 0 Å². The molecule has 4 aromatic rings. The first-order valence-electron chi connectivity index (χ1n) is 11.1. The fraction of sp³-hybridized carbons (Fsp3) is 0.348. The molecule has 3 N–H and O–H groups in total. The van der Waals surface area contributed by atoms with E-state index >= 15 is 0 Å². The number of fused-ring (bicyclic) bond motifs is 1. The molecule has 0 aromatic carbocycles. The molecule has 10 nitrogen and oxygen atoms in total. The second kappa shape index (κ2) is 8.62. The monoisotopic (exact) mass is 446 g/mol. The van der Waals surface area contributed by atoms with Gasteiger partial charge in [0.1, 0.15) is 12.0 Å². The second-order valence-corrected chi connectivity index (χ2v) is 8.25. The van der Waals surface area contributed by atoms with E-state index in [1.54, 1.807) is 0 Å². The zero-order valence-corrected chi connectivity index (χ0v) is 18.7. The molecule has 10 heteroatoms. The predicted molar refractivity (Wildman–Crippen MR) is 123 cm³/mol. The van der Waals surface area contributed by atoms with Crippen LogP contribution in [0.25, 0.3) is 28.4 Å². The number of rotatable bonds is 6. The average molecular weight is 447 g/mol. The van der Waals surface area contributed by atoms with E-state index in [1.807, 2.05) is 29.0 Å². The Kier molecular flexibility index (Phi) is 5.51. The van der Waals surface area contributed by atoms with E-state index in [0.29, 0.717) is 24.0 Å². The molecule has 1 atom stereocenters. The smallest absolute Gasteiger partial charge is 0.273 e. The topological polar surface area (TPSA) is 127 Å². The number of amides is 1. The Morgan fingerprint density at radius 2 is 2.21 bits per heavy atom. The van der Waals surface area contributed by atoms with E-state index < -0.39 is 0 Å². The number of carbonyl (C=O) groups excluding carboxylic acids is 1. The summed E-state index contributed by atoms with van der Waals surface area (Å²) in [6.07, 6.45) is 9.73. The number of nitrogens with two attached hydrogens (primary N) is 1. The molecule has 0 saturated carbocycles. The van der Waals surface area contributed by atoms with Gasteiger partial charge in [0.15, 0.2) is 17.2 Å². The van der Waals surface area contributed by atoms with Crippen LogP contribution in [0.4, 0.5) is 5.82 Å². The summed E-state index contributed by atoms with van der Waals surface area (Å²) in [6.45, 7) is 3.65. The summed E-state index contributed by atoms with van der Waals surface area (Å²) in [5, 5.41) is 7.36. The molecule has 5 rings (SSSR count). The van der Waals surface area contributed by atoms with Gasteiger partial charge in [-0.15, -0.1) is 0 Å². The van der Waals surface area contributed by atoms with Crippen LogP contribution >= 0.6 is 0 Å². The van der Waals surface area contributed by atoms with Gasteiger partial charge in [0.05, 0.1) is 17.9 Å². The first kappa shape index (κ1) is 21.1. The Balaban J connectivity index is 1.56. The molecule has 0 spiro atoms. The van der Waals surface area contributed by atoms with Gasteiger partial charge in [0.2, 0.25) is 5.89 Å². The molecule has 1 unspecified atom stereocenters. The summed E-state index contributed by atoms with van der Waals surface area (Å²) in [4.78, 5) is 28.6. The van der Waals surface area contributed by atoms with Crippen LogP contribution in [0.3, 0.4) is 0 Å². The fourth-order valence-electron chi connectivity index (χ4n) is 4.29. The fourth-order valence-corrected chi connectivity index (χ4v) is 4.29. The van der Waals surface area contributed by atoms with E-state index in [-0.39, 0.29) is 23.3 Å². The van der Waals surface area contributed by atoms with Crippen LogP contribution in [0.15, 0.2) is 41.4 Å². The molecule has 170 valence electrons. The number of hydrogen-bond donors (Lipinski definition) is 2. The van der Waals surface area contributed by atoms with Crippen LogP contribution in [0.2, 0.25) is 0 Å². The third-order valence-corrected chi connectivity index (χ3v) is 6.20. The van der Waals surface area contributed by atoms with E-state index in [2.05, 4.69) is 44.2 Å². The summed E-state index contributed by atoms with van der Waals surface area (Å²) in [5.74, 6) is -0.0306. The molecule has 0 radical (unpaired) electrons. The number of nitrogens with one attached hydrogen (secondary N) is 1. The normalized spacial score (nSPS) is 16.5. The van der Waals surface area contributed by atoms with Crippen molar-refractivity contribution in [3.05, 3.63) is 48.2 Å². The maximum atomic E-state index is 13.0. The zero-order chi connectivity index (χ0) is 22.9. The largest absolute Gasteiger partial charge is 0.443 e. The lowest BCUT2D eigenvalue weighted by Gasteiger charge is -2.19. The standard InChI is InChI=1S/C23H26N8O2/c1-3-14-12-27-31-9-6-15(11-17(14)31)18-19(23-25-7-10-33-23)29-21(24)20(28-18)22(32)26-13-16-5-4-8-30(16)2/h6-7,9-12,16H,3-5,8,13H2,1-2H3,(H2,24,29)(H,26,32). The highest BCUT2D eigenvalue weighted by Crippen LogP contribution is 2.31. The molecule has 4 aromatic heterocycles. The minimum Gasteiger partial charge on any atom is -0.443 e. The number of likely N-dealkylation sites (N-methyl/N-ethyl adjacent to an activating group) is 1. The van der Waals surface area contributed by atoms with Gasteiger partial charge in [-0.1, -0.05) is 6.92 Å². The van der Waals surface area contributed by atoms with Crippen molar-refractivity contribution in [3.8, 4) is 22.8 Å². The van der Waals surface area contributed by atoms with Crippen molar-refractivity contribution < 1.29 is 9.21 Å². The molecule has 33 heavy (non-hydrogen) atoms. The maximum absolute atomic E-state index is 13.0. The van der Waals surface area contributed by atoms with Gasteiger partial charge >= 0.3 is 0 Å². The molecule has 0 aliphatic carbocycles. The SMILES string of the molecule is CCc1cnn2ccc(-c3nc(C(=O)NCC4CCCN4C)c(N)nc3-c3ncco3)cc12. The van der Waals surface area contributed by atoms with Crippen LogP contribution in [-0.4, -0.2) is 61.6 Å². The third kappa shape index (κ3) is 3.93. The number of oxazole rings is 1. The van der Waals surface area contributed by atoms with Gasteiger partial charge in [-0.05, 0) is 50.6 Å². The molecular weight excluding hydrogens is 420 g/mol. The average Bonchev–Trinajstić information content (AvgIpc) is 3.58. The summed E-state index contributed by atoms with van der Waals surface area (Å²) in [6, 6.07) is 4.17. The number of aromatic nitrogens is 5. The van der Waals surface area contributed by atoms with Crippen molar-refractivity contribution in [1.82, 2.24) is 34.8 Å². The van der Waals surface area contributed by atoms with Crippen LogP contribution < -0.4 is 11.1 Å². The summed E-state index contributed by atoms with van der Waals surface area (Å²) in [7, 11) is 2.07. The molecule has 5 heterocycles. The number of pyridine rings is 1. The third-order valence-electron chi connectivity index (χ3n) is 6.20. The zero-order valence-electron chi connectivity index (χ0n) is 18.7. The minimum absolute atomic E-state index is 0.0314. The van der Waals surface area contributed by atoms with Crippen LogP contribution in [-0.2, 0) is 6.42 Å². The lowest BCUT2D eigenvalue weighted by atomic mass is 10.1. The lowest BCUT2D eigenvalue weighted by molar-refractivity contribution is 0.0939. The Bertz CT molecular complexity index is 1300. The minimum atomic E-state index is -0.347. The number of aryl methyl sites for hydroxylation is 1. The number of nitrogens with zero attached hydrogens (tertiary/aromatic N) is 6. The molecule has 0 bridgehead atoms. The molecule has 1 saturated heterocycles. The maximum Gasteiger partial charge on any atom is 0.273 e. The van der Waals surface area contributed by atoms with Crippen molar-refractivity contribution in [2.45, 2.75) is 32.2 Å². The van der Waals surface area contributed by atoms with E-state index in [9.17, 15) is 4.79 Å². The number of anilines is 1. The van der Waals surface area contributed by atoms with Crippen molar-refractivity contribution in [2.24, 2.45) is 0 Å². The quantitative estimate of drug-likeness (QED) is 0.462. The Hall–Kier alpha value is -3.79. The molecule has 1 fully saturated rings. The number of likely N-dealkylation sites (tertiary alicyclic amines) is 1.